The van der Waals surface area contributed by atoms with Crippen molar-refractivity contribution in [3.63, 3.8) is 0 Å². The van der Waals surface area contributed by atoms with E-state index in [2.05, 4.69) is 19.1 Å². The van der Waals surface area contributed by atoms with E-state index >= 15 is 0 Å². The third-order valence-electron chi connectivity index (χ3n) is 5.10. The lowest BCUT2D eigenvalue weighted by Crippen LogP contribution is -2.19. The average molecular weight is 367 g/mol. The van der Waals surface area contributed by atoms with Gasteiger partial charge in [0.2, 0.25) is 0 Å². The molecular formula is C22H38O4. The molecule has 1 rings (SSSR count). The Morgan fingerprint density at radius 1 is 1.12 bits per heavy atom. The first-order valence-electron chi connectivity index (χ1n) is 10.5. The van der Waals surface area contributed by atoms with Gasteiger partial charge < -0.3 is 14.9 Å². The molecule has 4 unspecified atom stereocenters. The van der Waals surface area contributed by atoms with Crippen molar-refractivity contribution in [2.45, 2.75) is 90.3 Å². The number of hydrogen-bond acceptors (Lipinski definition) is 4. The van der Waals surface area contributed by atoms with Crippen LogP contribution in [-0.2, 0) is 9.53 Å². The van der Waals surface area contributed by atoms with Crippen molar-refractivity contribution in [1.29, 1.82) is 0 Å². The highest BCUT2D eigenvalue weighted by atomic mass is 16.5. The number of allylic oxidation sites excluding steroid dienone is 2. The van der Waals surface area contributed by atoms with Crippen LogP contribution in [-0.4, -0.2) is 35.0 Å². The summed E-state index contributed by atoms with van der Waals surface area (Å²) in [4.78, 5) is 11.3. The fraction of sp³-hybridized carbons (Fsp3) is 0.773. The number of carbonyl (C=O) groups excluding carboxylic acids is 1. The third-order valence-corrected chi connectivity index (χ3v) is 5.10. The minimum Gasteiger partial charge on any atom is -0.466 e. The summed E-state index contributed by atoms with van der Waals surface area (Å²) < 4.78 is 4.93. The van der Waals surface area contributed by atoms with E-state index in [4.69, 9.17) is 4.74 Å². The molecule has 0 aromatic rings. The smallest absolute Gasteiger partial charge is 0.305 e. The zero-order valence-corrected chi connectivity index (χ0v) is 16.6. The molecule has 4 heteroatoms. The Bertz CT molecular complexity index is 430. The van der Waals surface area contributed by atoms with Gasteiger partial charge in [-0.25, -0.2) is 0 Å². The fourth-order valence-corrected chi connectivity index (χ4v) is 3.52. The summed E-state index contributed by atoms with van der Waals surface area (Å²) in [6.45, 7) is 4.44. The molecule has 4 atom stereocenters. The van der Waals surface area contributed by atoms with Gasteiger partial charge in [-0.1, -0.05) is 69.8 Å². The molecule has 26 heavy (non-hydrogen) atoms. The third kappa shape index (κ3) is 9.54. The Morgan fingerprint density at radius 3 is 2.62 bits per heavy atom. The molecule has 0 aromatic carbocycles. The predicted octanol–water partition coefficient (Wildman–Crippen LogP) is 4.55. The fourth-order valence-electron chi connectivity index (χ4n) is 3.52. The van der Waals surface area contributed by atoms with E-state index < -0.39 is 0 Å². The van der Waals surface area contributed by atoms with E-state index in [0.717, 1.165) is 57.8 Å². The minimum atomic E-state index is -0.388. The summed E-state index contributed by atoms with van der Waals surface area (Å²) in [6.07, 6.45) is 16.8. The largest absolute Gasteiger partial charge is 0.466 e. The monoisotopic (exact) mass is 366 g/mol. The van der Waals surface area contributed by atoms with Crippen LogP contribution in [0.4, 0.5) is 0 Å². The Morgan fingerprint density at radius 2 is 1.88 bits per heavy atom. The zero-order valence-electron chi connectivity index (χ0n) is 16.6. The standard InChI is InChI=1S/C22H38O4/c1-3-5-8-11-19(23)16-14-18-15-17-21(24)20(18)12-9-6-7-10-13-22(25)26-4-2/h14-21,23-24H,3-13H2,1-2H3. The number of rotatable bonds is 14. The van der Waals surface area contributed by atoms with Gasteiger partial charge in [0.15, 0.2) is 0 Å². The number of carbonyl (C=O) groups is 1. The summed E-state index contributed by atoms with van der Waals surface area (Å²) >= 11 is 0. The van der Waals surface area contributed by atoms with E-state index in [0.29, 0.717) is 13.0 Å². The van der Waals surface area contributed by atoms with Gasteiger partial charge >= 0.3 is 5.97 Å². The maximum absolute atomic E-state index is 11.3. The van der Waals surface area contributed by atoms with E-state index in [-0.39, 0.29) is 30.0 Å². The first-order chi connectivity index (χ1) is 12.6. The van der Waals surface area contributed by atoms with Gasteiger partial charge in [0.1, 0.15) is 0 Å². The van der Waals surface area contributed by atoms with Gasteiger partial charge in [-0.3, -0.25) is 4.79 Å². The molecule has 0 bridgehead atoms. The maximum Gasteiger partial charge on any atom is 0.305 e. The summed E-state index contributed by atoms with van der Waals surface area (Å²) in [5.74, 6) is 0.315. The molecule has 1 aliphatic rings. The molecule has 0 saturated heterocycles. The van der Waals surface area contributed by atoms with Crippen molar-refractivity contribution in [3.05, 3.63) is 24.3 Å². The SMILES string of the molecule is CCCCCC(O)C=CC1C=CC(O)C1CCCCCCC(=O)OCC. The van der Waals surface area contributed by atoms with Gasteiger partial charge in [0.25, 0.3) is 0 Å². The van der Waals surface area contributed by atoms with Crippen molar-refractivity contribution >= 4 is 5.97 Å². The van der Waals surface area contributed by atoms with Crippen LogP contribution in [0.1, 0.15) is 78.1 Å². The van der Waals surface area contributed by atoms with Crippen LogP contribution in [0, 0.1) is 11.8 Å². The number of aliphatic hydroxyl groups is 2. The van der Waals surface area contributed by atoms with Crippen molar-refractivity contribution in [2.75, 3.05) is 6.61 Å². The quantitative estimate of drug-likeness (QED) is 0.269. The highest BCUT2D eigenvalue weighted by molar-refractivity contribution is 5.69. The van der Waals surface area contributed by atoms with Gasteiger partial charge in [0, 0.05) is 12.3 Å². The molecule has 0 radical (unpaired) electrons. The lowest BCUT2D eigenvalue weighted by Gasteiger charge is -2.20. The predicted molar refractivity (Wildman–Crippen MR) is 106 cm³/mol. The van der Waals surface area contributed by atoms with Crippen LogP contribution in [0.5, 0.6) is 0 Å². The van der Waals surface area contributed by atoms with E-state index in [1.165, 1.54) is 0 Å². The summed E-state index contributed by atoms with van der Waals surface area (Å²) in [5.41, 5.74) is 0. The van der Waals surface area contributed by atoms with Crippen LogP contribution in [0.15, 0.2) is 24.3 Å². The summed E-state index contributed by atoms with van der Waals surface area (Å²) in [7, 11) is 0. The highest BCUT2D eigenvalue weighted by Gasteiger charge is 2.28. The van der Waals surface area contributed by atoms with Crippen molar-refractivity contribution in [1.82, 2.24) is 0 Å². The molecule has 0 saturated carbocycles. The average Bonchev–Trinajstić information content (AvgIpc) is 2.96. The van der Waals surface area contributed by atoms with Gasteiger partial charge in [0.05, 0.1) is 18.8 Å². The van der Waals surface area contributed by atoms with Crippen LogP contribution in [0.3, 0.4) is 0 Å². The summed E-state index contributed by atoms with van der Waals surface area (Å²) in [5, 5.41) is 20.2. The Labute approximate surface area is 159 Å². The van der Waals surface area contributed by atoms with E-state index in [1.807, 2.05) is 19.1 Å². The normalized spacial score (nSPS) is 23.6. The van der Waals surface area contributed by atoms with Crippen LogP contribution in [0.25, 0.3) is 0 Å². The molecule has 0 fully saturated rings. The molecule has 0 amide bonds. The van der Waals surface area contributed by atoms with Gasteiger partial charge in [-0.2, -0.15) is 0 Å². The molecule has 4 nitrogen and oxygen atoms in total. The highest BCUT2D eigenvalue weighted by Crippen LogP contribution is 2.31. The Kier molecular flexibility index (Phi) is 12.3. The molecule has 150 valence electrons. The maximum atomic E-state index is 11.3. The van der Waals surface area contributed by atoms with Crippen molar-refractivity contribution in [3.8, 4) is 0 Å². The number of hydrogen-bond donors (Lipinski definition) is 2. The molecule has 0 heterocycles. The molecule has 0 aliphatic heterocycles. The molecule has 1 aliphatic carbocycles. The van der Waals surface area contributed by atoms with Crippen LogP contribution < -0.4 is 0 Å². The van der Waals surface area contributed by atoms with E-state index in [1.54, 1.807) is 0 Å². The summed E-state index contributed by atoms with van der Waals surface area (Å²) in [6, 6.07) is 0. The molecular weight excluding hydrogens is 328 g/mol. The number of unbranched alkanes of at least 4 members (excludes halogenated alkanes) is 5. The minimum absolute atomic E-state index is 0.106. The van der Waals surface area contributed by atoms with E-state index in [9.17, 15) is 15.0 Å². The second-order valence-electron chi connectivity index (χ2n) is 7.32. The topological polar surface area (TPSA) is 66.8 Å². The number of esters is 1. The second kappa shape index (κ2) is 14.0. The molecule has 0 spiro atoms. The Hall–Kier alpha value is -1.13. The van der Waals surface area contributed by atoms with Crippen LogP contribution >= 0.6 is 0 Å². The number of ether oxygens (including phenoxy) is 1. The Balaban J connectivity index is 2.24. The lowest BCUT2D eigenvalue weighted by atomic mass is 9.88. The second-order valence-corrected chi connectivity index (χ2v) is 7.32. The van der Waals surface area contributed by atoms with Gasteiger partial charge in [-0.15, -0.1) is 0 Å². The first-order valence-corrected chi connectivity index (χ1v) is 10.5. The van der Waals surface area contributed by atoms with Crippen molar-refractivity contribution in [2.24, 2.45) is 11.8 Å². The number of aliphatic hydroxyl groups excluding tert-OH is 2. The zero-order chi connectivity index (χ0) is 19.2. The first kappa shape index (κ1) is 22.9. The molecule has 2 N–H and O–H groups in total. The van der Waals surface area contributed by atoms with Crippen molar-refractivity contribution < 1.29 is 19.7 Å². The molecule has 0 aromatic heterocycles. The van der Waals surface area contributed by atoms with Gasteiger partial charge in [-0.05, 0) is 32.1 Å². The van der Waals surface area contributed by atoms with Crippen LogP contribution in [0.2, 0.25) is 0 Å². The lowest BCUT2D eigenvalue weighted by molar-refractivity contribution is -0.143.